The number of nitrogens with one attached hydrogen (secondary N) is 1. The second kappa shape index (κ2) is 7.65. The van der Waals surface area contributed by atoms with Crippen molar-refractivity contribution in [2.24, 2.45) is 0 Å². The molecule has 0 radical (unpaired) electrons. The van der Waals surface area contributed by atoms with Gasteiger partial charge in [-0.1, -0.05) is 12.1 Å². The first-order valence-corrected chi connectivity index (χ1v) is 7.21. The fourth-order valence-electron chi connectivity index (χ4n) is 2.07. The molecular weight excluding hydrogens is 315 g/mol. The average molecular weight is 332 g/mol. The van der Waals surface area contributed by atoms with Crippen molar-refractivity contribution in [2.45, 2.75) is 19.1 Å². The van der Waals surface area contributed by atoms with Crippen LogP contribution in [0.25, 0.3) is 11.3 Å². The molecule has 6 nitrogen and oxygen atoms in total. The Morgan fingerprint density at radius 1 is 1.29 bits per heavy atom. The zero-order chi connectivity index (χ0) is 17.7. The Balaban J connectivity index is 2.15. The fraction of sp³-hybridized carbons (Fsp3) is 0.235. The molecule has 24 heavy (non-hydrogen) atoms. The first-order chi connectivity index (χ1) is 11.4. The van der Waals surface area contributed by atoms with Crippen LogP contribution in [0.15, 0.2) is 42.6 Å². The smallest absolute Gasteiger partial charge is 0.331 e. The van der Waals surface area contributed by atoms with Gasteiger partial charge in [0, 0.05) is 11.8 Å². The number of ether oxygens (including phenoxy) is 1. The van der Waals surface area contributed by atoms with Gasteiger partial charge in [0.25, 0.3) is 5.91 Å². The van der Waals surface area contributed by atoms with Gasteiger partial charge in [-0.2, -0.15) is 0 Å². The van der Waals surface area contributed by atoms with E-state index in [0.29, 0.717) is 11.3 Å². The second-order valence-corrected chi connectivity index (χ2v) is 5.16. The number of carbonyl (C=O) groups is 2. The highest BCUT2D eigenvalue weighted by atomic mass is 19.1. The molecule has 0 aliphatic heterocycles. The Hall–Kier alpha value is -2.80. The number of aliphatic hydroxyl groups excluding tert-OH is 1. The molecule has 2 atom stereocenters. The third-order valence-corrected chi connectivity index (χ3v) is 3.37. The van der Waals surface area contributed by atoms with E-state index in [1.807, 2.05) is 0 Å². The number of rotatable bonds is 5. The molecule has 0 bridgehead atoms. The number of aromatic nitrogens is 1. The minimum Gasteiger partial charge on any atom is -0.467 e. The maximum Gasteiger partial charge on any atom is 0.331 e. The Bertz CT molecular complexity index is 732. The molecule has 0 spiro atoms. The van der Waals surface area contributed by atoms with E-state index >= 15 is 0 Å². The number of pyridine rings is 1. The van der Waals surface area contributed by atoms with Gasteiger partial charge in [-0.3, -0.25) is 9.78 Å². The van der Waals surface area contributed by atoms with Crippen LogP contribution in [-0.2, 0) is 9.53 Å². The van der Waals surface area contributed by atoms with Gasteiger partial charge >= 0.3 is 5.97 Å². The van der Waals surface area contributed by atoms with E-state index in [-0.39, 0.29) is 11.4 Å². The largest absolute Gasteiger partial charge is 0.467 e. The fourth-order valence-corrected chi connectivity index (χ4v) is 2.07. The van der Waals surface area contributed by atoms with Crippen molar-refractivity contribution in [1.82, 2.24) is 10.3 Å². The quantitative estimate of drug-likeness (QED) is 0.811. The maximum absolute atomic E-state index is 13.2. The lowest BCUT2D eigenvalue weighted by Gasteiger charge is -2.18. The van der Waals surface area contributed by atoms with E-state index < -0.39 is 24.0 Å². The molecule has 7 heteroatoms. The second-order valence-electron chi connectivity index (χ2n) is 5.16. The summed E-state index contributed by atoms with van der Waals surface area (Å²) in [6.45, 7) is 1.37. The van der Waals surface area contributed by atoms with E-state index in [1.54, 1.807) is 18.2 Å². The van der Waals surface area contributed by atoms with Gasteiger partial charge in [0.05, 0.1) is 24.5 Å². The highest BCUT2D eigenvalue weighted by Crippen LogP contribution is 2.18. The number of aliphatic hydroxyl groups is 1. The lowest BCUT2D eigenvalue weighted by molar-refractivity contribution is -0.145. The van der Waals surface area contributed by atoms with Crippen molar-refractivity contribution >= 4 is 11.9 Å². The van der Waals surface area contributed by atoms with Crippen molar-refractivity contribution < 1.29 is 23.8 Å². The van der Waals surface area contributed by atoms with Crippen LogP contribution >= 0.6 is 0 Å². The molecule has 0 aliphatic rings. The van der Waals surface area contributed by atoms with Gasteiger partial charge in [-0.15, -0.1) is 0 Å². The van der Waals surface area contributed by atoms with E-state index in [2.05, 4.69) is 15.0 Å². The Morgan fingerprint density at radius 3 is 2.58 bits per heavy atom. The lowest BCUT2D eigenvalue weighted by Crippen LogP contribution is -2.48. The first kappa shape index (κ1) is 17.6. The summed E-state index contributed by atoms with van der Waals surface area (Å²) in [5.41, 5.74) is 1.29. The van der Waals surface area contributed by atoms with E-state index in [0.717, 1.165) is 0 Å². The summed E-state index contributed by atoms with van der Waals surface area (Å²) in [4.78, 5) is 27.8. The molecular formula is C17H17FN2O4. The van der Waals surface area contributed by atoms with Crippen molar-refractivity contribution in [1.29, 1.82) is 0 Å². The van der Waals surface area contributed by atoms with Crippen molar-refractivity contribution in [2.75, 3.05) is 7.11 Å². The van der Waals surface area contributed by atoms with E-state index in [4.69, 9.17) is 0 Å². The van der Waals surface area contributed by atoms with Gasteiger partial charge in [0.15, 0.2) is 6.04 Å². The van der Waals surface area contributed by atoms with Gasteiger partial charge < -0.3 is 15.2 Å². The predicted molar refractivity (Wildman–Crippen MR) is 84.6 cm³/mol. The van der Waals surface area contributed by atoms with Crippen LogP contribution in [0.5, 0.6) is 0 Å². The van der Waals surface area contributed by atoms with Gasteiger partial charge in [-0.25, -0.2) is 9.18 Å². The molecule has 2 rings (SSSR count). The zero-order valence-electron chi connectivity index (χ0n) is 13.2. The Morgan fingerprint density at radius 2 is 2.04 bits per heavy atom. The van der Waals surface area contributed by atoms with Crippen LogP contribution in [0, 0.1) is 5.82 Å². The number of benzene rings is 1. The van der Waals surface area contributed by atoms with Gasteiger partial charge in [0.2, 0.25) is 0 Å². The highest BCUT2D eigenvalue weighted by Gasteiger charge is 2.26. The molecule has 1 aromatic heterocycles. The van der Waals surface area contributed by atoms with Crippen LogP contribution < -0.4 is 5.32 Å². The van der Waals surface area contributed by atoms with E-state index in [1.165, 1.54) is 38.4 Å². The summed E-state index contributed by atoms with van der Waals surface area (Å²) in [5.74, 6) is -1.71. The zero-order valence-corrected chi connectivity index (χ0v) is 13.2. The number of esters is 1. The van der Waals surface area contributed by atoms with Gasteiger partial charge in [0.1, 0.15) is 5.82 Å². The number of halogens is 1. The van der Waals surface area contributed by atoms with Crippen LogP contribution in [0.4, 0.5) is 4.39 Å². The van der Waals surface area contributed by atoms with Crippen LogP contribution in [-0.4, -0.2) is 41.2 Å². The molecule has 126 valence electrons. The number of methoxy groups -OCH3 is 1. The van der Waals surface area contributed by atoms with Crippen LogP contribution in [0.2, 0.25) is 0 Å². The lowest BCUT2D eigenvalue weighted by atomic mass is 10.1. The number of nitrogens with zero attached hydrogens (tertiary/aromatic N) is 1. The molecule has 2 N–H and O–H groups in total. The summed E-state index contributed by atoms with van der Waals surface area (Å²) in [5, 5.41) is 11.9. The molecule has 1 heterocycles. The van der Waals surface area contributed by atoms with Crippen molar-refractivity contribution in [3.05, 3.63) is 54.0 Å². The molecule has 0 fully saturated rings. The summed E-state index contributed by atoms with van der Waals surface area (Å²) >= 11 is 0. The number of hydrogen-bond donors (Lipinski definition) is 2. The standard InChI is InChI=1S/C17H17FN2O4/c1-10(21)15(17(23)24-2)20-16(22)12-6-7-14(19-9-12)11-4-3-5-13(18)8-11/h3-10,15,21H,1-2H3,(H,20,22)/t10?,15-/m0/s1. The molecule has 1 amide bonds. The summed E-state index contributed by atoms with van der Waals surface area (Å²) in [6, 6.07) is 7.82. The number of amides is 1. The maximum atomic E-state index is 13.2. The predicted octanol–water partition coefficient (Wildman–Crippen LogP) is 1.54. The Labute approximate surface area is 138 Å². The topological polar surface area (TPSA) is 88.5 Å². The van der Waals surface area contributed by atoms with Gasteiger partial charge in [-0.05, 0) is 31.2 Å². The molecule has 0 saturated carbocycles. The Kier molecular flexibility index (Phi) is 5.59. The van der Waals surface area contributed by atoms with Crippen LogP contribution in [0.1, 0.15) is 17.3 Å². The van der Waals surface area contributed by atoms with Crippen molar-refractivity contribution in [3.8, 4) is 11.3 Å². The molecule has 0 aliphatic carbocycles. The minimum absolute atomic E-state index is 0.199. The molecule has 2 aromatic rings. The van der Waals surface area contributed by atoms with Crippen LogP contribution in [0.3, 0.4) is 0 Å². The number of hydrogen-bond acceptors (Lipinski definition) is 5. The SMILES string of the molecule is COC(=O)[C@@H](NC(=O)c1ccc(-c2cccc(F)c2)nc1)C(C)O. The average Bonchev–Trinajstić information content (AvgIpc) is 2.58. The monoisotopic (exact) mass is 332 g/mol. The number of carbonyl (C=O) groups excluding carboxylic acids is 2. The summed E-state index contributed by atoms with van der Waals surface area (Å²) in [7, 11) is 1.17. The summed E-state index contributed by atoms with van der Waals surface area (Å²) in [6.07, 6.45) is 0.201. The molecule has 1 unspecified atom stereocenters. The minimum atomic E-state index is -1.18. The third kappa shape index (κ3) is 4.14. The first-order valence-electron chi connectivity index (χ1n) is 7.21. The van der Waals surface area contributed by atoms with Crippen molar-refractivity contribution in [3.63, 3.8) is 0 Å². The normalized spacial score (nSPS) is 13.0. The molecule has 0 saturated heterocycles. The van der Waals surface area contributed by atoms with E-state index in [9.17, 15) is 19.1 Å². The molecule has 1 aromatic carbocycles. The highest BCUT2D eigenvalue weighted by molar-refractivity contribution is 5.96. The summed E-state index contributed by atoms with van der Waals surface area (Å²) < 4.78 is 17.8. The third-order valence-electron chi connectivity index (χ3n) is 3.37.